The molecule has 3 aromatic carbocycles. The standard InChI is InChI=1S/C24H27NO4/c1-5-22(29-20-11-10-17-8-6-7-9-18(17)14-20)24(26)25-16(2)21-15-19(27-3)12-13-23(21)28-4/h6-16,22H,5H2,1-4H3,(H,25,26)/t16-,22+/m1/s1. The molecule has 0 bridgehead atoms. The predicted molar refractivity (Wildman–Crippen MR) is 115 cm³/mol. The summed E-state index contributed by atoms with van der Waals surface area (Å²) in [7, 11) is 3.22. The Morgan fingerprint density at radius 1 is 0.931 bits per heavy atom. The first-order valence-corrected chi connectivity index (χ1v) is 9.73. The van der Waals surface area contributed by atoms with Crippen molar-refractivity contribution in [3.8, 4) is 17.2 Å². The van der Waals surface area contributed by atoms with E-state index in [4.69, 9.17) is 14.2 Å². The highest BCUT2D eigenvalue weighted by Crippen LogP contribution is 2.29. The number of hydrogen-bond donors (Lipinski definition) is 1. The Morgan fingerprint density at radius 2 is 1.66 bits per heavy atom. The highest BCUT2D eigenvalue weighted by Gasteiger charge is 2.22. The summed E-state index contributed by atoms with van der Waals surface area (Å²) in [4.78, 5) is 12.9. The van der Waals surface area contributed by atoms with Crippen LogP contribution < -0.4 is 19.5 Å². The van der Waals surface area contributed by atoms with Gasteiger partial charge in [-0.05, 0) is 54.4 Å². The summed E-state index contributed by atoms with van der Waals surface area (Å²) < 4.78 is 16.7. The van der Waals surface area contributed by atoms with Crippen molar-refractivity contribution in [1.82, 2.24) is 5.32 Å². The molecule has 0 unspecified atom stereocenters. The number of carbonyl (C=O) groups is 1. The third kappa shape index (κ3) is 4.80. The van der Waals surface area contributed by atoms with Crippen LogP contribution in [0.15, 0.2) is 60.7 Å². The quantitative estimate of drug-likeness (QED) is 0.592. The Labute approximate surface area is 171 Å². The Hall–Kier alpha value is -3.21. The topological polar surface area (TPSA) is 56.8 Å². The van der Waals surface area contributed by atoms with Crippen molar-refractivity contribution in [3.05, 3.63) is 66.2 Å². The highest BCUT2D eigenvalue weighted by atomic mass is 16.5. The van der Waals surface area contributed by atoms with Gasteiger partial charge in [0.1, 0.15) is 17.2 Å². The SMILES string of the molecule is CC[C@H](Oc1ccc2ccccc2c1)C(=O)N[C@H](C)c1cc(OC)ccc1OC. The maximum Gasteiger partial charge on any atom is 0.261 e. The molecule has 5 nitrogen and oxygen atoms in total. The van der Waals surface area contributed by atoms with Gasteiger partial charge in [0.05, 0.1) is 20.3 Å². The molecule has 0 aromatic heterocycles. The normalized spacial score (nSPS) is 12.8. The van der Waals surface area contributed by atoms with Gasteiger partial charge in [-0.2, -0.15) is 0 Å². The van der Waals surface area contributed by atoms with Crippen LogP contribution in [-0.4, -0.2) is 26.2 Å². The van der Waals surface area contributed by atoms with Crippen LogP contribution in [0.1, 0.15) is 31.9 Å². The largest absolute Gasteiger partial charge is 0.497 e. The van der Waals surface area contributed by atoms with Crippen LogP contribution in [0.25, 0.3) is 10.8 Å². The van der Waals surface area contributed by atoms with E-state index in [1.165, 1.54) is 0 Å². The van der Waals surface area contributed by atoms with E-state index >= 15 is 0 Å². The minimum absolute atomic E-state index is 0.168. The lowest BCUT2D eigenvalue weighted by atomic mass is 10.1. The molecule has 0 radical (unpaired) electrons. The van der Waals surface area contributed by atoms with E-state index in [9.17, 15) is 4.79 Å². The number of benzene rings is 3. The van der Waals surface area contributed by atoms with Crippen LogP contribution in [-0.2, 0) is 4.79 Å². The second kappa shape index (κ2) is 9.32. The second-order valence-corrected chi connectivity index (χ2v) is 6.86. The van der Waals surface area contributed by atoms with Crippen LogP contribution in [0.4, 0.5) is 0 Å². The summed E-state index contributed by atoms with van der Waals surface area (Å²) in [5, 5.41) is 5.24. The molecule has 2 atom stereocenters. The van der Waals surface area contributed by atoms with Crippen LogP contribution in [0.2, 0.25) is 0 Å². The molecule has 0 aliphatic rings. The first kappa shape index (κ1) is 20.5. The molecule has 3 rings (SSSR count). The van der Waals surface area contributed by atoms with E-state index in [0.717, 1.165) is 16.3 Å². The fourth-order valence-electron chi connectivity index (χ4n) is 3.29. The minimum atomic E-state index is -0.588. The molecule has 152 valence electrons. The van der Waals surface area contributed by atoms with Gasteiger partial charge in [-0.3, -0.25) is 4.79 Å². The molecule has 1 N–H and O–H groups in total. The van der Waals surface area contributed by atoms with E-state index in [2.05, 4.69) is 5.32 Å². The molecule has 1 amide bonds. The van der Waals surface area contributed by atoms with Crippen molar-refractivity contribution >= 4 is 16.7 Å². The summed E-state index contributed by atoms with van der Waals surface area (Å²) in [5.41, 5.74) is 0.848. The number of rotatable bonds is 8. The average Bonchev–Trinajstić information content (AvgIpc) is 2.76. The smallest absolute Gasteiger partial charge is 0.261 e. The van der Waals surface area contributed by atoms with Crippen molar-refractivity contribution in [3.63, 3.8) is 0 Å². The summed E-state index contributed by atoms with van der Waals surface area (Å²) in [5.74, 6) is 1.92. The Balaban J connectivity index is 1.73. The van der Waals surface area contributed by atoms with Crippen LogP contribution in [0.3, 0.4) is 0 Å². The first-order chi connectivity index (χ1) is 14.0. The molecule has 5 heteroatoms. The Kier molecular flexibility index (Phi) is 6.60. The maximum absolute atomic E-state index is 12.9. The van der Waals surface area contributed by atoms with Gasteiger partial charge >= 0.3 is 0 Å². The molecule has 0 saturated carbocycles. The van der Waals surface area contributed by atoms with Gasteiger partial charge in [0, 0.05) is 5.56 Å². The van der Waals surface area contributed by atoms with Gasteiger partial charge in [0.25, 0.3) is 5.91 Å². The van der Waals surface area contributed by atoms with Crippen LogP contribution >= 0.6 is 0 Å². The van der Waals surface area contributed by atoms with E-state index in [1.54, 1.807) is 14.2 Å². The minimum Gasteiger partial charge on any atom is -0.497 e. The zero-order valence-corrected chi connectivity index (χ0v) is 17.3. The molecule has 0 heterocycles. The van der Waals surface area contributed by atoms with Crippen molar-refractivity contribution < 1.29 is 19.0 Å². The average molecular weight is 393 g/mol. The van der Waals surface area contributed by atoms with Crippen molar-refractivity contribution in [2.24, 2.45) is 0 Å². The van der Waals surface area contributed by atoms with Gasteiger partial charge in [-0.25, -0.2) is 0 Å². The second-order valence-electron chi connectivity index (χ2n) is 6.86. The van der Waals surface area contributed by atoms with E-state index < -0.39 is 6.10 Å². The molecule has 3 aromatic rings. The first-order valence-electron chi connectivity index (χ1n) is 9.73. The van der Waals surface area contributed by atoms with Gasteiger partial charge in [0.2, 0.25) is 0 Å². The third-order valence-corrected chi connectivity index (χ3v) is 4.92. The fourth-order valence-corrected chi connectivity index (χ4v) is 3.29. The number of hydrogen-bond acceptors (Lipinski definition) is 4. The number of amides is 1. The summed E-state index contributed by atoms with van der Waals surface area (Å²) in [6.45, 7) is 3.85. The molecular formula is C24H27NO4. The summed E-state index contributed by atoms with van der Waals surface area (Å²) >= 11 is 0. The van der Waals surface area contributed by atoms with Gasteiger partial charge in [0.15, 0.2) is 6.10 Å². The molecule has 29 heavy (non-hydrogen) atoms. The lowest BCUT2D eigenvalue weighted by Crippen LogP contribution is -2.39. The lowest BCUT2D eigenvalue weighted by Gasteiger charge is -2.22. The molecule has 0 aliphatic heterocycles. The Bertz CT molecular complexity index is 986. The number of carbonyl (C=O) groups excluding carboxylic acids is 1. The number of ether oxygens (including phenoxy) is 3. The highest BCUT2D eigenvalue weighted by molar-refractivity contribution is 5.84. The lowest BCUT2D eigenvalue weighted by molar-refractivity contribution is -0.128. The van der Waals surface area contributed by atoms with Crippen molar-refractivity contribution in [2.75, 3.05) is 14.2 Å². The van der Waals surface area contributed by atoms with Gasteiger partial charge in [-0.1, -0.05) is 37.3 Å². The molecular weight excluding hydrogens is 366 g/mol. The van der Waals surface area contributed by atoms with E-state index in [0.29, 0.717) is 23.7 Å². The summed E-state index contributed by atoms with van der Waals surface area (Å²) in [6.07, 6.45) is -0.0316. The molecule has 0 spiro atoms. The number of nitrogens with one attached hydrogen (secondary N) is 1. The fraction of sp³-hybridized carbons (Fsp3) is 0.292. The summed E-state index contributed by atoms with van der Waals surface area (Å²) in [6, 6.07) is 19.2. The third-order valence-electron chi connectivity index (χ3n) is 4.92. The van der Waals surface area contributed by atoms with Gasteiger partial charge in [-0.15, -0.1) is 0 Å². The van der Waals surface area contributed by atoms with Crippen molar-refractivity contribution in [2.45, 2.75) is 32.4 Å². The molecule has 0 fully saturated rings. The molecule has 0 aliphatic carbocycles. The van der Waals surface area contributed by atoms with E-state index in [-0.39, 0.29) is 11.9 Å². The van der Waals surface area contributed by atoms with E-state index in [1.807, 2.05) is 74.5 Å². The van der Waals surface area contributed by atoms with Crippen molar-refractivity contribution in [1.29, 1.82) is 0 Å². The predicted octanol–water partition coefficient (Wildman–Crippen LogP) is 4.89. The molecule has 0 saturated heterocycles. The number of methoxy groups -OCH3 is 2. The zero-order chi connectivity index (χ0) is 20.8. The van der Waals surface area contributed by atoms with Crippen LogP contribution in [0, 0.1) is 0 Å². The van der Waals surface area contributed by atoms with Gasteiger partial charge < -0.3 is 19.5 Å². The monoisotopic (exact) mass is 393 g/mol. The zero-order valence-electron chi connectivity index (χ0n) is 17.3. The maximum atomic E-state index is 12.9. The number of fused-ring (bicyclic) bond motifs is 1. The Morgan fingerprint density at radius 3 is 2.34 bits per heavy atom. The van der Waals surface area contributed by atoms with Crippen LogP contribution in [0.5, 0.6) is 17.2 Å².